The molecule has 1 aromatic carbocycles. The second kappa shape index (κ2) is 7.65. The third-order valence-corrected chi connectivity index (χ3v) is 6.50. The first-order valence-electron chi connectivity index (χ1n) is 10.5. The summed E-state index contributed by atoms with van der Waals surface area (Å²) in [6.07, 6.45) is 5.55. The fourth-order valence-corrected chi connectivity index (χ4v) is 5.02. The molecule has 5 rings (SSSR count). The van der Waals surface area contributed by atoms with Crippen molar-refractivity contribution in [1.29, 1.82) is 0 Å². The van der Waals surface area contributed by atoms with E-state index in [-0.39, 0.29) is 17.4 Å². The first-order chi connectivity index (χ1) is 14.6. The van der Waals surface area contributed by atoms with Gasteiger partial charge in [-0.1, -0.05) is 18.2 Å². The molecule has 2 aromatic heterocycles. The zero-order valence-electron chi connectivity index (χ0n) is 16.8. The van der Waals surface area contributed by atoms with Crippen LogP contribution in [0.4, 0.5) is 5.69 Å². The third-order valence-electron chi connectivity index (χ3n) is 6.50. The Hall–Kier alpha value is -3.06. The number of hydrogen-bond donors (Lipinski definition) is 1. The number of amides is 1. The molecule has 2 aliphatic rings. The number of benzene rings is 1. The van der Waals surface area contributed by atoms with Crippen molar-refractivity contribution in [1.82, 2.24) is 20.1 Å². The lowest BCUT2D eigenvalue weighted by molar-refractivity contribution is 0.0246. The van der Waals surface area contributed by atoms with Crippen molar-refractivity contribution < 1.29 is 9.90 Å². The zero-order valence-corrected chi connectivity index (χ0v) is 16.8. The molecule has 2 saturated heterocycles. The van der Waals surface area contributed by atoms with E-state index in [9.17, 15) is 9.90 Å². The molecule has 30 heavy (non-hydrogen) atoms. The summed E-state index contributed by atoms with van der Waals surface area (Å²) in [4.78, 5) is 21.4. The predicted octanol–water partition coefficient (Wildman–Crippen LogP) is 2.52. The Morgan fingerprint density at radius 3 is 2.70 bits per heavy atom. The molecule has 2 fully saturated rings. The molecule has 2 aliphatic heterocycles. The minimum atomic E-state index is -0.382. The van der Waals surface area contributed by atoms with Crippen molar-refractivity contribution in [3.63, 3.8) is 0 Å². The molecular weight excluding hydrogens is 378 g/mol. The van der Waals surface area contributed by atoms with Gasteiger partial charge in [-0.05, 0) is 48.9 Å². The van der Waals surface area contributed by atoms with Gasteiger partial charge >= 0.3 is 0 Å². The molecule has 7 heteroatoms. The Kier molecular flexibility index (Phi) is 4.83. The van der Waals surface area contributed by atoms with E-state index in [2.05, 4.69) is 26.1 Å². The summed E-state index contributed by atoms with van der Waals surface area (Å²) in [6, 6.07) is 13.6. The normalized spacial score (nSPS) is 21.2. The van der Waals surface area contributed by atoms with Crippen molar-refractivity contribution >= 4 is 22.5 Å². The third kappa shape index (κ3) is 3.50. The van der Waals surface area contributed by atoms with Crippen LogP contribution in [0.25, 0.3) is 10.9 Å². The van der Waals surface area contributed by atoms with Gasteiger partial charge in [0.25, 0.3) is 5.91 Å². The number of anilines is 1. The number of nitrogens with zero attached hydrogens (tertiary/aromatic N) is 5. The number of aliphatic hydroxyl groups excluding tert-OH is 1. The van der Waals surface area contributed by atoms with Gasteiger partial charge in [-0.15, -0.1) is 5.10 Å². The predicted molar refractivity (Wildman–Crippen MR) is 114 cm³/mol. The number of para-hydroxylation sites is 1. The molecule has 0 radical (unpaired) electrons. The summed E-state index contributed by atoms with van der Waals surface area (Å²) in [5.74, 6) is -0.0636. The van der Waals surface area contributed by atoms with Crippen LogP contribution in [0.15, 0.2) is 54.9 Å². The molecule has 3 aromatic rings. The average Bonchev–Trinajstić information content (AvgIpc) is 2.79. The van der Waals surface area contributed by atoms with E-state index >= 15 is 0 Å². The highest BCUT2D eigenvalue weighted by Crippen LogP contribution is 2.42. The zero-order chi connectivity index (χ0) is 20.6. The van der Waals surface area contributed by atoms with Crippen LogP contribution in [-0.2, 0) is 0 Å². The van der Waals surface area contributed by atoms with E-state index in [1.807, 2.05) is 35.4 Å². The number of piperidine rings is 2. The highest BCUT2D eigenvalue weighted by atomic mass is 16.3. The number of carbonyl (C=O) groups is 1. The molecule has 1 amide bonds. The topological polar surface area (TPSA) is 82.5 Å². The number of pyridine rings is 1. The SMILES string of the molecule is O=C(c1cccnn1)N1CCC2(CC1)CC(O)CN(c1ccnc3ccccc13)C2. The molecule has 154 valence electrons. The molecule has 0 aliphatic carbocycles. The van der Waals surface area contributed by atoms with Gasteiger partial charge < -0.3 is 14.9 Å². The van der Waals surface area contributed by atoms with Gasteiger partial charge in [0.05, 0.1) is 11.6 Å². The van der Waals surface area contributed by atoms with E-state index in [1.54, 1.807) is 18.3 Å². The van der Waals surface area contributed by atoms with Gasteiger partial charge in [-0.2, -0.15) is 5.10 Å². The van der Waals surface area contributed by atoms with Gasteiger partial charge in [-0.25, -0.2) is 0 Å². The van der Waals surface area contributed by atoms with Gasteiger partial charge in [0.1, 0.15) is 0 Å². The molecule has 1 atom stereocenters. The minimum Gasteiger partial charge on any atom is -0.391 e. The van der Waals surface area contributed by atoms with Gasteiger partial charge in [-0.3, -0.25) is 9.78 Å². The maximum Gasteiger partial charge on any atom is 0.274 e. The second-order valence-corrected chi connectivity index (χ2v) is 8.49. The summed E-state index contributed by atoms with van der Waals surface area (Å²) >= 11 is 0. The van der Waals surface area contributed by atoms with Crippen LogP contribution >= 0.6 is 0 Å². The highest BCUT2D eigenvalue weighted by molar-refractivity contribution is 5.92. The molecule has 4 heterocycles. The summed E-state index contributed by atoms with van der Waals surface area (Å²) < 4.78 is 0. The first kappa shape index (κ1) is 18.9. The van der Waals surface area contributed by atoms with Crippen molar-refractivity contribution in [2.24, 2.45) is 5.41 Å². The van der Waals surface area contributed by atoms with Crippen LogP contribution in [-0.4, -0.2) is 63.4 Å². The maximum absolute atomic E-state index is 12.7. The van der Waals surface area contributed by atoms with Crippen molar-refractivity contribution in [2.75, 3.05) is 31.1 Å². The lowest BCUT2D eigenvalue weighted by Gasteiger charge is -2.49. The maximum atomic E-state index is 12.7. The number of aliphatic hydroxyl groups is 1. The molecule has 7 nitrogen and oxygen atoms in total. The summed E-state index contributed by atoms with van der Waals surface area (Å²) in [7, 11) is 0. The van der Waals surface area contributed by atoms with Gasteiger partial charge in [0, 0.05) is 49.6 Å². The summed E-state index contributed by atoms with van der Waals surface area (Å²) in [5.41, 5.74) is 2.48. The Morgan fingerprint density at radius 2 is 1.90 bits per heavy atom. The molecule has 0 bridgehead atoms. The molecule has 1 unspecified atom stereocenters. The van der Waals surface area contributed by atoms with Crippen molar-refractivity contribution in [3.05, 3.63) is 60.6 Å². The van der Waals surface area contributed by atoms with Crippen molar-refractivity contribution in [3.8, 4) is 0 Å². The number of carbonyl (C=O) groups excluding carboxylic acids is 1. The van der Waals surface area contributed by atoms with Crippen LogP contribution in [0.1, 0.15) is 29.8 Å². The standard InChI is InChI=1S/C23H25N5O2/c29-17-14-23(8-12-27(13-9-23)22(30)20-6-3-10-25-26-20)16-28(15-17)21-7-11-24-19-5-2-1-4-18(19)21/h1-7,10-11,17,29H,8-9,12-16H2. The molecule has 1 spiro atoms. The van der Waals surface area contributed by atoms with Crippen LogP contribution in [0.2, 0.25) is 0 Å². The van der Waals surface area contributed by atoms with Crippen LogP contribution in [0, 0.1) is 5.41 Å². The van der Waals surface area contributed by atoms with Gasteiger partial charge in [0.2, 0.25) is 0 Å². The summed E-state index contributed by atoms with van der Waals surface area (Å²) in [6.45, 7) is 2.85. The largest absolute Gasteiger partial charge is 0.391 e. The first-order valence-corrected chi connectivity index (χ1v) is 10.5. The number of aromatic nitrogens is 3. The number of likely N-dealkylation sites (tertiary alicyclic amines) is 1. The number of fused-ring (bicyclic) bond motifs is 1. The minimum absolute atomic E-state index is 0.00118. The summed E-state index contributed by atoms with van der Waals surface area (Å²) in [5, 5.41) is 19.6. The number of hydrogen-bond acceptors (Lipinski definition) is 6. The van der Waals surface area contributed by atoms with E-state index in [0.29, 0.717) is 25.3 Å². The fraction of sp³-hybridized carbons (Fsp3) is 0.391. The molecular formula is C23H25N5O2. The quantitative estimate of drug-likeness (QED) is 0.708. The Labute approximate surface area is 175 Å². The van der Waals surface area contributed by atoms with Crippen LogP contribution < -0.4 is 4.90 Å². The monoisotopic (exact) mass is 403 g/mol. The number of β-amino-alcohol motifs (C(OH)–C–C–N with tert-alkyl or cyclic N) is 1. The average molecular weight is 403 g/mol. The Balaban J connectivity index is 1.35. The second-order valence-electron chi connectivity index (χ2n) is 8.49. The lowest BCUT2D eigenvalue weighted by atomic mass is 9.71. The highest BCUT2D eigenvalue weighted by Gasteiger charge is 2.42. The smallest absolute Gasteiger partial charge is 0.274 e. The van der Waals surface area contributed by atoms with Gasteiger partial charge in [0.15, 0.2) is 5.69 Å². The van der Waals surface area contributed by atoms with E-state index < -0.39 is 0 Å². The Morgan fingerprint density at radius 1 is 1.07 bits per heavy atom. The van der Waals surface area contributed by atoms with E-state index in [1.165, 1.54) is 0 Å². The van der Waals surface area contributed by atoms with Crippen LogP contribution in [0.3, 0.4) is 0 Å². The lowest BCUT2D eigenvalue weighted by Crippen LogP contribution is -2.54. The van der Waals surface area contributed by atoms with E-state index in [0.717, 1.165) is 42.4 Å². The molecule has 1 N–H and O–H groups in total. The van der Waals surface area contributed by atoms with Crippen molar-refractivity contribution in [2.45, 2.75) is 25.4 Å². The molecule has 0 saturated carbocycles. The van der Waals surface area contributed by atoms with Crippen LogP contribution in [0.5, 0.6) is 0 Å². The van der Waals surface area contributed by atoms with E-state index in [4.69, 9.17) is 0 Å². The number of rotatable bonds is 2. The fourth-order valence-electron chi connectivity index (χ4n) is 5.02. The Bertz CT molecular complexity index is 1040.